The number of hydrogen-bond acceptors (Lipinski definition) is 4. The summed E-state index contributed by atoms with van der Waals surface area (Å²) in [7, 11) is 0. The van der Waals surface area contributed by atoms with Crippen molar-refractivity contribution in [2.24, 2.45) is 0 Å². The van der Waals surface area contributed by atoms with Crippen LogP contribution in [0.5, 0.6) is 0 Å². The molecule has 0 bridgehead atoms. The third-order valence-corrected chi connectivity index (χ3v) is 2.59. The number of hydrogen-bond donors (Lipinski definition) is 2. The van der Waals surface area contributed by atoms with Gasteiger partial charge in [0.15, 0.2) is 0 Å². The van der Waals surface area contributed by atoms with E-state index in [1.165, 1.54) is 12.1 Å². The SMILES string of the molecule is Cc1cc(C(=O)NC(C)C)nc(Nc2cccc(F)c2)n1. The van der Waals surface area contributed by atoms with E-state index < -0.39 is 0 Å². The van der Waals surface area contributed by atoms with Crippen molar-refractivity contribution in [3.63, 3.8) is 0 Å². The second-order valence-electron chi connectivity index (χ2n) is 4.98. The molecule has 1 amide bonds. The molecule has 0 aliphatic heterocycles. The molecule has 2 N–H and O–H groups in total. The lowest BCUT2D eigenvalue weighted by Gasteiger charge is -2.10. The van der Waals surface area contributed by atoms with E-state index >= 15 is 0 Å². The smallest absolute Gasteiger partial charge is 0.270 e. The monoisotopic (exact) mass is 288 g/mol. The second kappa shape index (κ2) is 6.30. The van der Waals surface area contributed by atoms with E-state index in [9.17, 15) is 9.18 Å². The maximum atomic E-state index is 13.2. The minimum absolute atomic E-state index is 0.0207. The first-order chi connectivity index (χ1) is 9.94. The van der Waals surface area contributed by atoms with Crippen molar-refractivity contribution >= 4 is 17.5 Å². The average Bonchev–Trinajstić information content (AvgIpc) is 2.37. The zero-order chi connectivity index (χ0) is 15.4. The Morgan fingerprint density at radius 2 is 2.00 bits per heavy atom. The van der Waals surface area contributed by atoms with Crippen LogP contribution in [0.1, 0.15) is 30.0 Å². The van der Waals surface area contributed by atoms with Gasteiger partial charge in [-0.15, -0.1) is 0 Å². The maximum absolute atomic E-state index is 13.2. The molecule has 0 fully saturated rings. The van der Waals surface area contributed by atoms with Crippen LogP contribution >= 0.6 is 0 Å². The minimum atomic E-state index is -0.356. The zero-order valence-corrected chi connectivity index (χ0v) is 12.1. The van der Waals surface area contributed by atoms with Crippen LogP contribution in [0, 0.1) is 12.7 Å². The van der Waals surface area contributed by atoms with Crippen molar-refractivity contribution in [3.8, 4) is 0 Å². The number of benzene rings is 1. The number of nitrogens with zero attached hydrogens (tertiary/aromatic N) is 2. The average molecular weight is 288 g/mol. The Morgan fingerprint density at radius 3 is 2.67 bits per heavy atom. The lowest BCUT2D eigenvalue weighted by Crippen LogP contribution is -2.31. The van der Waals surface area contributed by atoms with Crippen LogP contribution in [0.15, 0.2) is 30.3 Å². The molecular weight excluding hydrogens is 271 g/mol. The first kappa shape index (κ1) is 14.9. The molecule has 0 aliphatic carbocycles. The quantitative estimate of drug-likeness (QED) is 0.908. The topological polar surface area (TPSA) is 66.9 Å². The molecule has 0 unspecified atom stereocenters. The van der Waals surface area contributed by atoms with Crippen LogP contribution in [0.3, 0.4) is 0 Å². The predicted octanol–water partition coefficient (Wildman–Crippen LogP) is 2.81. The Hall–Kier alpha value is -2.50. The number of rotatable bonds is 4. The number of nitrogens with one attached hydrogen (secondary N) is 2. The molecule has 6 heteroatoms. The molecule has 1 aromatic heterocycles. The van der Waals surface area contributed by atoms with Crippen LogP contribution in [0.25, 0.3) is 0 Å². The highest BCUT2D eigenvalue weighted by Crippen LogP contribution is 2.15. The second-order valence-corrected chi connectivity index (χ2v) is 4.98. The summed E-state index contributed by atoms with van der Waals surface area (Å²) in [6.07, 6.45) is 0. The minimum Gasteiger partial charge on any atom is -0.349 e. The maximum Gasteiger partial charge on any atom is 0.270 e. The van der Waals surface area contributed by atoms with E-state index in [2.05, 4.69) is 20.6 Å². The van der Waals surface area contributed by atoms with Crippen molar-refractivity contribution < 1.29 is 9.18 Å². The Balaban J connectivity index is 2.24. The van der Waals surface area contributed by atoms with E-state index in [4.69, 9.17) is 0 Å². The van der Waals surface area contributed by atoms with Gasteiger partial charge in [0.25, 0.3) is 5.91 Å². The Morgan fingerprint density at radius 1 is 1.24 bits per heavy atom. The lowest BCUT2D eigenvalue weighted by molar-refractivity contribution is 0.0938. The van der Waals surface area contributed by atoms with Crippen LogP contribution in [0.2, 0.25) is 0 Å². The number of carbonyl (C=O) groups is 1. The Labute approximate surface area is 122 Å². The molecule has 1 heterocycles. The molecule has 0 saturated heterocycles. The van der Waals surface area contributed by atoms with Gasteiger partial charge in [-0.1, -0.05) is 6.07 Å². The molecule has 5 nitrogen and oxygen atoms in total. The summed E-state index contributed by atoms with van der Waals surface area (Å²) >= 11 is 0. The highest BCUT2D eigenvalue weighted by Gasteiger charge is 2.11. The van der Waals surface area contributed by atoms with Crippen LogP contribution < -0.4 is 10.6 Å². The first-order valence-electron chi connectivity index (χ1n) is 6.63. The van der Waals surface area contributed by atoms with Crippen molar-refractivity contribution in [3.05, 3.63) is 47.5 Å². The first-order valence-corrected chi connectivity index (χ1v) is 6.63. The number of anilines is 2. The normalized spacial score (nSPS) is 10.5. The summed E-state index contributed by atoms with van der Waals surface area (Å²) in [4.78, 5) is 20.3. The summed E-state index contributed by atoms with van der Waals surface area (Å²) in [5, 5.41) is 5.66. The van der Waals surface area contributed by atoms with Gasteiger partial charge in [0.1, 0.15) is 11.5 Å². The molecule has 1 aromatic carbocycles. The van der Waals surface area contributed by atoms with Crippen molar-refractivity contribution in [1.82, 2.24) is 15.3 Å². The van der Waals surface area contributed by atoms with Gasteiger partial charge in [-0.2, -0.15) is 0 Å². The van der Waals surface area contributed by atoms with E-state index in [0.29, 0.717) is 11.4 Å². The van der Waals surface area contributed by atoms with Gasteiger partial charge in [0.05, 0.1) is 0 Å². The van der Waals surface area contributed by atoms with Gasteiger partial charge in [0.2, 0.25) is 5.95 Å². The van der Waals surface area contributed by atoms with Crippen LogP contribution in [-0.4, -0.2) is 21.9 Å². The van der Waals surface area contributed by atoms with Gasteiger partial charge in [-0.3, -0.25) is 4.79 Å². The number of carbonyl (C=O) groups excluding carboxylic acids is 1. The molecule has 0 aliphatic rings. The largest absolute Gasteiger partial charge is 0.349 e. The predicted molar refractivity (Wildman–Crippen MR) is 79.1 cm³/mol. The van der Waals surface area contributed by atoms with Crippen molar-refractivity contribution in [1.29, 1.82) is 0 Å². The van der Waals surface area contributed by atoms with Crippen molar-refractivity contribution in [2.45, 2.75) is 26.8 Å². The lowest BCUT2D eigenvalue weighted by atomic mass is 10.3. The third kappa shape index (κ3) is 4.24. The molecule has 110 valence electrons. The fraction of sp³-hybridized carbons (Fsp3) is 0.267. The van der Waals surface area contributed by atoms with E-state index in [1.807, 2.05) is 13.8 Å². The Kier molecular flexibility index (Phi) is 4.47. The van der Waals surface area contributed by atoms with Gasteiger partial charge >= 0.3 is 0 Å². The van der Waals surface area contributed by atoms with Gasteiger partial charge < -0.3 is 10.6 Å². The van der Waals surface area contributed by atoms with Gasteiger partial charge in [0, 0.05) is 17.4 Å². The summed E-state index contributed by atoms with van der Waals surface area (Å²) in [5.74, 6) is -0.363. The van der Waals surface area contributed by atoms with Gasteiger partial charge in [-0.05, 0) is 45.0 Å². The molecule has 0 atom stereocenters. The highest BCUT2D eigenvalue weighted by atomic mass is 19.1. The van der Waals surface area contributed by atoms with Crippen molar-refractivity contribution in [2.75, 3.05) is 5.32 Å². The third-order valence-electron chi connectivity index (χ3n) is 2.59. The van der Waals surface area contributed by atoms with E-state index in [-0.39, 0.29) is 29.4 Å². The summed E-state index contributed by atoms with van der Waals surface area (Å²) in [6.45, 7) is 5.51. The molecule has 0 spiro atoms. The summed E-state index contributed by atoms with van der Waals surface area (Å²) in [5.41, 5.74) is 1.45. The zero-order valence-electron chi connectivity index (χ0n) is 12.1. The molecule has 0 radical (unpaired) electrons. The molecule has 0 saturated carbocycles. The fourth-order valence-electron chi connectivity index (χ4n) is 1.77. The summed E-state index contributed by atoms with van der Waals surface area (Å²) < 4.78 is 13.2. The molecule has 21 heavy (non-hydrogen) atoms. The number of halogens is 1. The number of aryl methyl sites for hydroxylation is 1. The molecular formula is C15H17FN4O. The molecule has 2 aromatic rings. The highest BCUT2D eigenvalue weighted by molar-refractivity contribution is 5.92. The summed E-state index contributed by atoms with van der Waals surface area (Å²) in [6, 6.07) is 7.59. The van der Waals surface area contributed by atoms with Crippen LogP contribution in [-0.2, 0) is 0 Å². The van der Waals surface area contributed by atoms with Crippen LogP contribution in [0.4, 0.5) is 16.0 Å². The molecule has 2 rings (SSSR count). The number of amides is 1. The standard InChI is InChI=1S/C15H17FN4O/c1-9(2)17-14(21)13-7-10(3)18-15(20-13)19-12-6-4-5-11(16)8-12/h4-9H,1-3H3,(H,17,21)(H,18,19,20). The van der Waals surface area contributed by atoms with Gasteiger partial charge in [-0.25, -0.2) is 14.4 Å². The van der Waals surface area contributed by atoms with E-state index in [1.54, 1.807) is 25.1 Å². The van der Waals surface area contributed by atoms with E-state index in [0.717, 1.165) is 0 Å². The number of aromatic nitrogens is 2. The fourth-order valence-corrected chi connectivity index (χ4v) is 1.77. The Bertz CT molecular complexity index is 658.